The van der Waals surface area contributed by atoms with E-state index < -0.39 is 5.41 Å². The number of hydrogen-bond acceptors (Lipinski definition) is 0. The van der Waals surface area contributed by atoms with Crippen molar-refractivity contribution < 1.29 is 0 Å². The number of fused-ring (bicyclic) bond motifs is 15. The van der Waals surface area contributed by atoms with E-state index in [1.807, 2.05) is 53.7 Å². The fourth-order valence-corrected chi connectivity index (χ4v) is 12.3. The molecule has 0 saturated carbocycles. The van der Waals surface area contributed by atoms with Crippen LogP contribution in [0.15, 0.2) is 261 Å². The van der Waals surface area contributed by atoms with E-state index in [9.17, 15) is 0 Å². The molecule has 0 amide bonds. The zero-order chi connectivity index (χ0) is 53.4. The second-order valence-corrected chi connectivity index (χ2v) is 19.3. The lowest BCUT2D eigenvalue weighted by Gasteiger charge is -2.49. The van der Waals surface area contributed by atoms with E-state index in [4.69, 9.17) is 0 Å². The van der Waals surface area contributed by atoms with Crippen molar-refractivity contribution in [2.24, 2.45) is 0 Å². The molecule has 0 fully saturated rings. The zero-order valence-corrected chi connectivity index (χ0v) is 45.9. The highest BCUT2D eigenvalue weighted by atomic mass is 14.6. The second kappa shape index (κ2) is 23.1. The first-order chi connectivity index (χ1) is 37.4. The van der Waals surface area contributed by atoms with Gasteiger partial charge in [0, 0.05) is 0 Å². The van der Waals surface area contributed by atoms with E-state index in [1.54, 1.807) is 0 Å². The first-order valence-corrected chi connectivity index (χ1v) is 27.7. The molecular weight excluding hydrogens is 913 g/mol. The summed E-state index contributed by atoms with van der Waals surface area (Å²) in [5.41, 5.74) is 27.8. The van der Waals surface area contributed by atoms with Gasteiger partial charge >= 0.3 is 0 Å². The van der Waals surface area contributed by atoms with Gasteiger partial charge in [-0.15, -0.1) is 0 Å². The topological polar surface area (TPSA) is 0 Å². The lowest BCUT2D eigenvalue weighted by molar-refractivity contribution is 0.628. The highest BCUT2D eigenvalue weighted by molar-refractivity contribution is 5.95. The molecule has 0 radical (unpaired) electrons. The molecule has 0 nitrogen and oxygen atoms in total. The van der Waals surface area contributed by atoms with Crippen molar-refractivity contribution in [3.63, 3.8) is 0 Å². The van der Waals surface area contributed by atoms with Crippen LogP contribution in [0.25, 0.3) is 55.7 Å². The van der Waals surface area contributed by atoms with Gasteiger partial charge < -0.3 is 0 Å². The van der Waals surface area contributed by atoms with E-state index in [2.05, 4.69) is 258 Å². The summed E-state index contributed by atoms with van der Waals surface area (Å²) in [4.78, 5) is 0. The second-order valence-electron chi connectivity index (χ2n) is 19.3. The van der Waals surface area contributed by atoms with Crippen molar-refractivity contribution in [3.05, 3.63) is 323 Å². The minimum absolute atomic E-state index is 0.361. The summed E-state index contributed by atoms with van der Waals surface area (Å²) < 4.78 is 0. The Morgan fingerprint density at radius 2 is 0.829 bits per heavy atom. The maximum absolute atomic E-state index is 4.39. The summed E-state index contributed by atoms with van der Waals surface area (Å²) in [5.74, 6) is 0. The van der Waals surface area contributed by atoms with Gasteiger partial charge in [0.2, 0.25) is 0 Å². The van der Waals surface area contributed by atoms with Crippen molar-refractivity contribution in [1.29, 1.82) is 0 Å². The Balaban J connectivity index is 0.000000178. The van der Waals surface area contributed by atoms with Gasteiger partial charge in [0.25, 0.3) is 0 Å². The number of benzene rings is 9. The van der Waals surface area contributed by atoms with Crippen LogP contribution >= 0.6 is 0 Å². The van der Waals surface area contributed by atoms with Gasteiger partial charge in [-0.1, -0.05) is 291 Å². The Kier molecular flexibility index (Phi) is 15.9. The average molecular weight is 985 g/mol. The summed E-state index contributed by atoms with van der Waals surface area (Å²) in [5, 5.41) is 0. The number of rotatable bonds is 6. The van der Waals surface area contributed by atoms with Gasteiger partial charge in [0.15, 0.2) is 0 Å². The summed E-state index contributed by atoms with van der Waals surface area (Å²) in [6.07, 6.45) is 9.18. The fourth-order valence-electron chi connectivity index (χ4n) is 12.3. The largest absolute Gasteiger partial charge is 0.0955 e. The Morgan fingerprint density at radius 3 is 1.42 bits per heavy atom. The molecule has 0 bridgehead atoms. The summed E-state index contributed by atoms with van der Waals surface area (Å²) in [7, 11) is 0. The smallest absolute Gasteiger partial charge is 0.0720 e. The molecule has 1 unspecified atom stereocenters. The first-order valence-electron chi connectivity index (χ1n) is 27.7. The van der Waals surface area contributed by atoms with Crippen molar-refractivity contribution >= 4 is 22.3 Å². The van der Waals surface area contributed by atoms with Gasteiger partial charge in [0.05, 0.1) is 10.8 Å². The Labute approximate surface area is 454 Å². The predicted octanol–water partition coefficient (Wildman–Crippen LogP) is 21.1. The maximum atomic E-state index is 4.39. The molecule has 76 heavy (non-hydrogen) atoms. The molecule has 0 saturated heterocycles. The molecule has 376 valence electrons. The zero-order valence-electron chi connectivity index (χ0n) is 45.9. The average Bonchev–Trinajstić information content (AvgIpc) is 4.16. The lowest BCUT2D eigenvalue weighted by Crippen LogP contribution is -2.44. The van der Waals surface area contributed by atoms with Gasteiger partial charge in [-0.3, -0.25) is 0 Å². The molecule has 4 aliphatic carbocycles. The summed E-state index contributed by atoms with van der Waals surface area (Å²) in [6.45, 7) is 25.0. The first kappa shape index (κ1) is 52.5. The van der Waals surface area contributed by atoms with Crippen molar-refractivity contribution in [3.8, 4) is 33.4 Å². The molecule has 0 aliphatic heterocycles. The Morgan fingerprint density at radius 1 is 0.382 bits per heavy atom. The number of allylic oxidation sites excluding steroid dienone is 8. The maximum Gasteiger partial charge on any atom is 0.0720 e. The Hall–Kier alpha value is -8.32. The highest BCUT2D eigenvalue weighted by Crippen LogP contribution is 2.67. The molecule has 0 aromatic heterocycles. The van der Waals surface area contributed by atoms with Gasteiger partial charge in [-0.2, -0.15) is 0 Å². The monoisotopic (exact) mass is 985 g/mol. The SMILES string of the molecule is C=C(/C=C(\C)c1ccccc1)c1cccc(-c2ccc(-c3ccccc3)cc2)c1.C=C(C)c1ccc2c(c1)C1(c3ccccc3-c3ccccc31)c1ccccc1C21C2=C(CCC=C2)c2ccccc21.CC.CC.CC. The third kappa shape index (κ3) is 8.90. The fraction of sp³-hybridized carbons (Fsp3) is 0.158. The molecule has 9 aromatic carbocycles. The van der Waals surface area contributed by atoms with Gasteiger partial charge in [-0.25, -0.2) is 0 Å². The summed E-state index contributed by atoms with van der Waals surface area (Å²) in [6, 6.07) is 82.2. The van der Waals surface area contributed by atoms with Crippen LogP contribution in [-0.2, 0) is 10.8 Å². The van der Waals surface area contributed by atoms with E-state index in [-0.39, 0.29) is 5.41 Å². The van der Waals surface area contributed by atoms with Crippen LogP contribution in [0.2, 0.25) is 0 Å². The molecule has 4 aliphatic rings. The minimum atomic E-state index is -0.410. The van der Waals surface area contributed by atoms with Crippen LogP contribution in [0.3, 0.4) is 0 Å². The number of hydrogen-bond donors (Lipinski definition) is 0. The minimum Gasteiger partial charge on any atom is -0.0955 e. The van der Waals surface area contributed by atoms with Crippen molar-refractivity contribution in [2.45, 2.75) is 79.1 Å². The molecule has 1 atom stereocenters. The molecule has 0 heterocycles. The third-order valence-electron chi connectivity index (χ3n) is 15.4. The predicted molar refractivity (Wildman–Crippen MR) is 331 cm³/mol. The standard InChI is InChI=1S/C41H30.C29H24.3C2H6/c1-26(2)27-23-24-38-39(25-27)41(34-19-9-5-15-30(34)31-16-6-10-20-35(31)41)37-22-12-11-21-36(37)40(38)32-17-7-3-13-28(32)29-14-4-8-18-33(29)40;1-22(24-10-5-3-6-11-24)20-23(2)28-14-9-15-29(21-28)27-18-16-26(17-19-27)25-12-7-4-8-13-25;3*1-2/h3,5-13,15-25H,1,4,14H2,2H3;3-21H,2H2,1H3;3*1-2H3/b;22-20+;;;. The van der Waals surface area contributed by atoms with Crippen LogP contribution in [0, 0.1) is 0 Å². The lowest BCUT2D eigenvalue weighted by atomic mass is 9.51. The summed E-state index contributed by atoms with van der Waals surface area (Å²) >= 11 is 0. The van der Waals surface area contributed by atoms with Crippen LogP contribution in [-0.4, -0.2) is 0 Å². The van der Waals surface area contributed by atoms with E-state index in [0.717, 1.165) is 29.6 Å². The van der Waals surface area contributed by atoms with Crippen LogP contribution in [0.1, 0.15) is 129 Å². The van der Waals surface area contributed by atoms with E-state index >= 15 is 0 Å². The van der Waals surface area contributed by atoms with E-state index in [1.165, 1.54) is 106 Å². The molecule has 2 spiro atoms. The molecule has 9 aromatic rings. The van der Waals surface area contributed by atoms with Crippen LogP contribution in [0.4, 0.5) is 0 Å². The van der Waals surface area contributed by atoms with E-state index in [0.29, 0.717) is 0 Å². The quantitative estimate of drug-likeness (QED) is 0.146. The van der Waals surface area contributed by atoms with Crippen molar-refractivity contribution in [1.82, 2.24) is 0 Å². The Bertz CT molecular complexity index is 3580. The molecule has 0 N–H and O–H groups in total. The third-order valence-corrected chi connectivity index (χ3v) is 15.4. The van der Waals surface area contributed by atoms with Gasteiger partial charge in [0.1, 0.15) is 0 Å². The van der Waals surface area contributed by atoms with Crippen LogP contribution < -0.4 is 0 Å². The van der Waals surface area contributed by atoms with Crippen molar-refractivity contribution in [2.75, 3.05) is 0 Å². The molecular formula is C76H72. The van der Waals surface area contributed by atoms with Crippen LogP contribution in [0.5, 0.6) is 0 Å². The van der Waals surface area contributed by atoms with Gasteiger partial charge in [-0.05, 0) is 156 Å². The normalized spacial score (nSPS) is 15.2. The highest BCUT2D eigenvalue weighted by Gasteiger charge is 2.59. The molecule has 0 heteroatoms. The molecule has 13 rings (SSSR count).